The van der Waals surface area contributed by atoms with Gasteiger partial charge in [-0.1, -0.05) is 35.5 Å². The molecular formula is C27H28F2N2O4. The number of nitrogens with zero attached hydrogens (tertiary/aromatic N) is 1. The molecule has 1 aliphatic rings. The lowest BCUT2D eigenvalue weighted by atomic mass is 9.90. The monoisotopic (exact) mass is 482 g/mol. The third-order valence-corrected chi connectivity index (χ3v) is 5.87. The minimum atomic E-state index is -0.824. The van der Waals surface area contributed by atoms with E-state index in [0.717, 1.165) is 40.2 Å². The van der Waals surface area contributed by atoms with Crippen LogP contribution in [0.4, 0.5) is 14.5 Å². The van der Waals surface area contributed by atoms with Gasteiger partial charge in [-0.3, -0.25) is 4.79 Å². The highest BCUT2D eigenvalue weighted by Crippen LogP contribution is 2.32. The number of carbonyl (C=O) groups is 1. The maximum absolute atomic E-state index is 12.4. The number of aliphatic hydroxyl groups is 2. The fourth-order valence-electron chi connectivity index (χ4n) is 3.73. The Bertz CT molecular complexity index is 1180. The second kappa shape index (κ2) is 11.7. The van der Waals surface area contributed by atoms with Gasteiger partial charge >= 0.3 is 0 Å². The topological polar surface area (TPSA) is 91.2 Å². The standard InChI is InChI=1S/C20H24N2O3.C7H4F2O/c1-14-3-4-16(19-12-20(13-24,9-10-23)25-22-19)11-18(14)15-5-7-17(21-2)8-6-15;8-6-2-1-3-7(9)5(6)4-10/h3-8,11,21,23-24H,9-10,12-13H2,1-2H3;1-4H. The molecule has 6 nitrogen and oxygen atoms in total. The summed E-state index contributed by atoms with van der Waals surface area (Å²) in [6.07, 6.45) is 1.01. The first kappa shape index (κ1) is 26.0. The van der Waals surface area contributed by atoms with Crippen LogP contribution in [0.3, 0.4) is 0 Å². The van der Waals surface area contributed by atoms with E-state index in [-0.39, 0.29) is 19.5 Å². The molecule has 0 radical (unpaired) electrons. The number of halogens is 2. The number of nitrogens with one attached hydrogen (secondary N) is 1. The van der Waals surface area contributed by atoms with Crippen molar-refractivity contribution in [3.63, 3.8) is 0 Å². The predicted molar refractivity (Wildman–Crippen MR) is 132 cm³/mol. The molecule has 184 valence electrons. The molecule has 0 bridgehead atoms. The highest BCUT2D eigenvalue weighted by Gasteiger charge is 2.38. The molecular weight excluding hydrogens is 454 g/mol. The molecule has 0 saturated heterocycles. The molecule has 0 aromatic heterocycles. The van der Waals surface area contributed by atoms with Gasteiger partial charge in [0, 0.05) is 37.7 Å². The third-order valence-electron chi connectivity index (χ3n) is 5.87. The molecule has 8 heteroatoms. The molecule has 0 fully saturated rings. The van der Waals surface area contributed by atoms with E-state index in [4.69, 9.17) is 4.84 Å². The molecule has 3 aromatic carbocycles. The number of rotatable bonds is 7. The van der Waals surface area contributed by atoms with Crippen molar-refractivity contribution in [2.75, 3.05) is 25.6 Å². The summed E-state index contributed by atoms with van der Waals surface area (Å²) in [5.74, 6) is -1.65. The van der Waals surface area contributed by atoms with Crippen LogP contribution >= 0.6 is 0 Å². The van der Waals surface area contributed by atoms with Crippen LogP contribution in [0.15, 0.2) is 65.8 Å². The molecule has 1 heterocycles. The molecule has 3 N–H and O–H groups in total. The van der Waals surface area contributed by atoms with E-state index < -0.39 is 22.8 Å². The molecule has 35 heavy (non-hydrogen) atoms. The van der Waals surface area contributed by atoms with Crippen molar-refractivity contribution in [3.8, 4) is 11.1 Å². The lowest BCUT2D eigenvalue weighted by molar-refractivity contribution is -0.0697. The summed E-state index contributed by atoms with van der Waals surface area (Å²) in [7, 11) is 1.90. The first-order chi connectivity index (χ1) is 16.9. The van der Waals surface area contributed by atoms with Crippen LogP contribution in [0.1, 0.15) is 34.3 Å². The summed E-state index contributed by atoms with van der Waals surface area (Å²) in [5, 5.41) is 26.1. The lowest BCUT2D eigenvalue weighted by Gasteiger charge is -2.22. The Balaban J connectivity index is 0.000000287. The Hall–Kier alpha value is -3.62. The number of hydrogen-bond donors (Lipinski definition) is 3. The number of aryl methyl sites for hydroxylation is 1. The summed E-state index contributed by atoms with van der Waals surface area (Å²) in [5.41, 5.74) is 5.01. The first-order valence-electron chi connectivity index (χ1n) is 11.1. The van der Waals surface area contributed by atoms with Crippen LogP contribution in [0.25, 0.3) is 11.1 Å². The van der Waals surface area contributed by atoms with Gasteiger partial charge in [0.05, 0.1) is 17.9 Å². The Morgan fingerprint density at radius 2 is 1.71 bits per heavy atom. The van der Waals surface area contributed by atoms with E-state index in [1.54, 1.807) is 0 Å². The van der Waals surface area contributed by atoms with Gasteiger partial charge in [-0.25, -0.2) is 8.78 Å². The molecule has 1 atom stereocenters. The number of oxime groups is 1. The number of carbonyl (C=O) groups excluding carboxylic acids is 1. The van der Waals surface area contributed by atoms with E-state index in [1.165, 1.54) is 11.6 Å². The van der Waals surface area contributed by atoms with Crippen LogP contribution in [-0.4, -0.2) is 48.1 Å². The van der Waals surface area contributed by atoms with Crippen LogP contribution in [0.2, 0.25) is 0 Å². The first-order valence-corrected chi connectivity index (χ1v) is 11.1. The normalized spacial score (nSPS) is 16.6. The van der Waals surface area contributed by atoms with E-state index >= 15 is 0 Å². The van der Waals surface area contributed by atoms with E-state index in [2.05, 4.69) is 53.8 Å². The van der Waals surface area contributed by atoms with E-state index in [1.807, 2.05) is 13.1 Å². The van der Waals surface area contributed by atoms with Gasteiger partial charge in [0.2, 0.25) is 0 Å². The number of hydrogen-bond acceptors (Lipinski definition) is 6. The van der Waals surface area contributed by atoms with Crippen molar-refractivity contribution in [1.29, 1.82) is 0 Å². The van der Waals surface area contributed by atoms with Gasteiger partial charge in [0.15, 0.2) is 11.9 Å². The van der Waals surface area contributed by atoms with Gasteiger partial charge < -0.3 is 20.4 Å². The summed E-state index contributed by atoms with van der Waals surface area (Å²) in [6, 6.07) is 17.8. The Morgan fingerprint density at radius 1 is 1.06 bits per heavy atom. The number of aldehydes is 1. The predicted octanol–water partition coefficient (Wildman–Crippen LogP) is 4.72. The Kier molecular flexibility index (Phi) is 8.68. The number of aliphatic hydroxyl groups excluding tert-OH is 2. The zero-order valence-corrected chi connectivity index (χ0v) is 19.6. The summed E-state index contributed by atoms with van der Waals surface area (Å²) < 4.78 is 24.8. The van der Waals surface area contributed by atoms with Crippen LogP contribution < -0.4 is 5.32 Å². The SMILES string of the molecule is CNc1ccc(-c2cc(C3=NOC(CO)(CCO)C3)ccc2C)cc1.O=Cc1c(F)cccc1F. The Morgan fingerprint density at radius 3 is 2.26 bits per heavy atom. The second-order valence-electron chi connectivity index (χ2n) is 8.23. The molecule has 1 aliphatic heterocycles. The van der Waals surface area contributed by atoms with E-state index in [0.29, 0.717) is 12.8 Å². The maximum atomic E-state index is 12.4. The smallest absolute Gasteiger partial charge is 0.168 e. The van der Waals surface area contributed by atoms with Gasteiger partial charge in [0.25, 0.3) is 0 Å². The highest BCUT2D eigenvalue weighted by atomic mass is 19.1. The molecule has 0 saturated carbocycles. The van der Waals surface area contributed by atoms with Gasteiger partial charge in [0.1, 0.15) is 11.6 Å². The molecule has 1 unspecified atom stereocenters. The maximum Gasteiger partial charge on any atom is 0.168 e. The molecule has 3 aromatic rings. The van der Waals surface area contributed by atoms with Gasteiger partial charge in [-0.05, 0) is 53.9 Å². The van der Waals surface area contributed by atoms with Crippen molar-refractivity contribution in [2.45, 2.75) is 25.4 Å². The minimum absolute atomic E-state index is 0.0413. The number of anilines is 1. The second-order valence-corrected chi connectivity index (χ2v) is 8.23. The van der Waals surface area contributed by atoms with Crippen molar-refractivity contribution >= 4 is 17.7 Å². The molecule has 0 spiro atoms. The van der Waals surface area contributed by atoms with Crippen molar-refractivity contribution < 1.29 is 28.6 Å². The average molecular weight is 483 g/mol. The van der Waals surface area contributed by atoms with Gasteiger partial charge in [-0.15, -0.1) is 0 Å². The van der Waals surface area contributed by atoms with Crippen molar-refractivity contribution in [1.82, 2.24) is 0 Å². The molecule has 4 rings (SSSR count). The van der Waals surface area contributed by atoms with E-state index in [9.17, 15) is 23.8 Å². The zero-order valence-electron chi connectivity index (χ0n) is 19.6. The highest BCUT2D eigenvalue weighted by molar-refractivity contribution is 6.02. The van der Waals surface area contributed by atoms with Crippen molar-refractivity contribution in [2.24, 2.45) is 5.16 Å². The third kappa shape index (κ3) is 6.09. The summed E-state index contributed by atoms with van der Waals surface area (Å²) in [4.78, 5) is 15.4. The quantitative estimate of drug-likeness (QED) is 0.424. The van der Waals surface area contributed by atoms with Crippen LogP contribution in [0, 0.1) is 18.6 Å². The summed E-state index contributed by atoms with van der Waals surface area (Å²) in [6.45, 7) is 1.88. The largest absolute Gasteiger partial charge is 0.396 e. The molecule has 0 aliphatic carbocycles. The summed E-state index contributed by atoms with van der Waals surface area (Å²) >= 11 is 0. The van der Waals surface area contributed by atoms with Crippen LogP contribution in [-0.2, 0) is 4.84 Å². The Labute approximate surface area is 202 Å². The van der Waals surface area contributed by atoms with Gasteiger partial charge in [-0.2, -0.15) is 0 Å². The number of benzene rings is 3. The van der Waals surface area contributed by atoms with Crippen LogP contribution in [0.5, 0.6) is 0 Å². The fourth-order valence-corrected chi connectivity index (χ4v) is 3.73. The van der Waals surface area contributed by atoms with Crippen molar-refractivity contribution in [3.05, 3.63) is 89.0 Å². The zero-order chi connectivity index (χ0) is 25.4. The molecule has 0 amide bonds. The average Bonchev–Trinajstić information content (AvgIpc) is 3.30. The fraction of sp³-hybridized carbons (Fsp3) is 0.259. The lowest BCUT2D eigenvalue weighted by Crippen LogP contribution is -2.34. The minimum Gasteiger partial charge on any atom is -0.396 e.